The molecule has 1 aromatic carbocycles. The summed E-state index contributed by atoms with van der Waals surface area (Å²) in [6, 6.07) is 13.9. The quantitative estimate of drug-likeness (QED) is 0.504. The molecule has 5 rings (SSSR count). The third kappa shape index (κ3) is 2.92. The van der Waals surface area contributed by atoms with Crippen LogP contribution in [-0.4, -0.2) is 32.3 Å². The smallest absolute Gasteiger partial charge is 0.267 e. The van der Waals surface area contributed by atoms with Crippen LogP contribution in [0.1, 0.15) is 22.7 Å². The van der Waals surface area contributed by atoms with Crippen molar-refractivity contribution < 1.29 is 9.21 Å². The van der Waals surface area contributed by atoms with Crippen molar-refractivity contribution in [2.75, 3.05) is 4.81 Å². The molecule has 1 aliphatic rings. The first-order valence-electron chi connectivity index (χ1n) is 9.70. The zero-order valence-electron chi connectivity index (χ0n) is 16.6. The molecular weight excluding hydrogens is 365 g/mol. The summed E-state index contributed by atoms with van der Waals surface area (Å²) < 4.78 is 7.50. The Bertz CT molecular complexity index is 1230. The summed E-state index contributed by atoms with van der Waals surface area (Å²) in [6.07, 6.45) is 1.03. The average Bonchev–Trinajstić information content (AvgIpc) is 3.37. The Morgan fingerprint density at radius 2 is 1.90 bits per heavy atom. The topological polar surface area (TPSA) is 76.5 Å². The van der Waals surface area contributed by atoms with Crippen LogP contribution in [-0.2, 0) is 17.5 Å². The monoisotopic (exact) mass is 385 g/mol. The van der Waals surface area contributed by atoms with Crippen LogP contribution in [0, 0.1) is 13.8 Å². The molecule has 0 N–H and O–H groups in total. The zero-order chi connectivity index (χ0) is 20.1. The molecule has 8 heteroatoms. The molecule has 29 heavy (non-hydrogen) atoms. The second-order valence-electron chi connectivity index (χ2n) is 7.52. The highest BCUT2D eigenvalue weighted by atomic mass is 16.3. The van der Waals surface area contributed by atoms with Crippen LogP contribution >= 0.6 is 0 Å². The van der Waals surface area contributed by atoms with E-state index >= 15 is 0 Å². The zero-order valence-corrected chi connectivity index (χ0v) is 16.6. The van der Waals surface area contributed by atoms with Crippen molar-refractivity contribution in [3.8, 4) is 11.6 Å². The maximum absolute atomic E-state index is 13.0. The van der Waals surface area contributed by atoms with Crippen LogP contribution in [0.4, 0.5) is 5.82 Å². The molecule has 1 amide bonds. The number of carbonyl (C=O) groups is 1. The van der Waals surface area contributed by atoms with Crippen LogP contribution in [0.25, 0.3) is 17.2 Å². The summed E-state index contributed by atoms with van der Waals surface area (Å²) in [4.78, 5) is 24.2. The molecule has 0 radical (unpaired) electrons. The van der Waals surface area contributed by atoms with Gasteiger partial charge in [-0.05, 0) is 32.3 Å². The Balaban J connectivity index is 1.64. The number of aromatic nitrogens is 4. The van der Waals surface area contributed by atoms with Crippen molar-refractivity contribution in [2.24, 2.45) is 0 Å². The Labute approximate surface area is 168 Å². The fourth-order valence-corrected chi connectivity index (χ4v) is 4.00. The predicted octanol–water partition coefficient (Wildman–Crippen LogP) is 3.29. The second kappa shape index (κ2) is 6.58. The number of carbonyl (C=O) groups excluding carboxylic acids is 1. The van der Waals surface area contributed by atoms with Crippen LogP contribution in [0.2, 0.25) is 6.82 Å². The standard InChI is InChI=1S/C21H20BN5O2/c1-13-9-10-17(29-13)21-24-19-16(20-23-14(2)25-27(20)21)11-18(28)26(19)22(3)12-15-7-5-4-6-8-15/h4-10H,11-12H2,1-3H3. The van der Waals surface area contributed by atoms with Gasteiger partial charge in [0.2, 0.25) is 11.7 Å². The van der Waals surface area contributed by atoms with Gasteiger partial charge >= 0.3 is 0 Å². The van der Waals surface area contributed by atoms with Gasteiger partial charge < -0.3 is 9.23 Å². The molecule has 0 saturated carbocycles. The number of rotatable bonds is 4. The van der Waals surface area contributed by atoms with E-state index in [9.17, 15) is 4.79 Å². The van der Waals surface area contributed by atoms with E-state index in [2.05, 4.69) is 29.0 Å². The van der Waals surface area contributed by atoms with Crippen molar-refractivity contribution >= 4 is 24.2 Å². The van der Waals surface area contributed by atoms with Crippen molar-refractivity contribution in [3.05, 3.63) is 65.2 Å². The molecule has 0 aliphatic carbocycles. The number of hydrogen-bond donors (Lipinski definition) is 0. The number of amides is 1. The molecule has 0 fully saturated rings. The summed E-state index contributed by atoms with van der Waals surface area (Å²) in [5, 5.41) is 4.49. The van der Waals surface area contributed by atoms with Gasteiger partial charge in [0.25, 0.3) is 6.85 Å². The summed E-state index contributed by atoms with van der Waals surface area (Å²) in [5.74, 6) is 3.27. The maximum atomic E-state index is 13.0. The lowest BCUT2D eigenvalue weighted by Gasteiger charge is -2.22. The molecule has 0 atom stereocenters. The number of nitrogens with zero attached hydrogens (tertiary/aromatic N) is 5. The minimum atomic E-state index is -0.0312. The van der Waals surface area contributed by atoms with Gasteiger partial charge in [-0.1, -0.05) is 42.7 Å². The fraction of sp³-hybridized carbons (Fsp3) is 0.238. The summed E-state index contributed by atoms with van der Waals surface area (Å²) in [6.45, 7) is 5.75. The number of hydrogen-bond acceptors (Lipinski definition) is 5. The van der Waals surface area contributed by atoms with Crippen LogP contribution in [0.5, 0.6) is 0 Å². The maximum Gasteiger partial charge on any atom is 0.267 e. The molecule has 0 bridgehead atoms. The van der Waals surface area contributed by atoms with Crippen LogP contribution in [0.3, 0.4) is 0 Å². The molecule has 3 aromatic heterocycles. The molecule has 0 unspecified atom stereocenters. The number of aryl methyl sites for hydroxylation is 2. The van der Waals surface area contributed by atoms with Crippen LogP contribution < -0.4 is 4.81 Å². The molecule has 1 aliphatic heterocycles. The minimum Gasteiger partial charge on any atom is -0.458 e. The van der Waals surface area contributed by atoms with E-state index in [0.717, 1.165) is 17.6 Å². The molecule has 0 saturated heterocycles. The first kappa shape index (κ1) is 17.7. The van der Waals surface area contributed by atoms with Crippen molar-refractivity contribution in [1.29, 1.82) is 0 Å². The molecule has 0 spiro atoms. The van der Waals surface area contributed by atoms with Gasteiger partial charge in [0.05, 0.1) is 6.42 Å². The number of fused-ring (bicyclic) bond motifs is 3. The highest BCUT2D eigenvalue weighted by molar-refractivity contribution is 6.66. The highest BCUT2D eigenvalue weighted by Crippen LogP contribution is 2.34. The third-order valence-corrected chi connectivity index (χ3v) is 5.27. The van der Waals surface area contributed by atoms with Gasteiger partial charge in [-0.25, -0.2) is 9.97 Å². The van der Waals surface area contributed by atoms with E-state index in [4.69, 9.17) is 9.40 Å². The fourth-order valence-electron chi connectivity index (χ4n) is 4.00. The van der Waals surface area contributed by atoms with E-state index in [1.54, 1.807) is 9.33 Å². The number of anilines is 1. The van der Waals surface area contributed by atoms with Gasteiger partial charge in [-0.2, -0.15) is 4.52 Å². The normalized spacial score (nSPS) is 13.3. The summed E-state index contributed by atoms with van der Waals surface area (Å²) in [5.41, 5.74) is 2.67. The van der Waals surface area contributed by atoms with Gasteiger partial charge in [-0.3, -0.25) is 4.79 Å². The highest BCUT2D eigenvalue weighted by Gasteiger charge is 2.37. The second-order valence-corrected chi connectivity index (χ2v) is 7.52. The lowest BCUT2D eigenvalue weighted by Crippen LogP contribution is -2.41. The van der Waals surface area contributed by atoms with Gasteiger partial charge in [0.1, 0.15) is 17.4 Å². The minimum absolute atomic E-state index is 0.0312. The van der Waals surface area contributed by atoms with Crippen molar-refractivity contribution in [3.63, 3.8) is 0 Å². The third-order valence-electron chi connectivity index (χ3n) is 5.27. The average molecular weight is 385 g/mol. The van der Waals surface area contributed by atoms with Gasteiger partial charge in [-0.15, -0.1) is 5.10 Å². The Hall–Kier alpha value is -3.42. The molecule has 4 heterocycles. The first-order chi connectivity index (χ1) is 14.0. The van der Waals surface area contributed by atoms with E-state index < -0.39 is 0 Å². The Kier molecular flexibility index (Phi) is 4.01. The van der Waals surface area contributed by atoms with E-state index in [0.29, 0.717) is 28.9 Å². The van der Waals surface area contributed by atoms with Crippen LogP contribution in [0.15, 0.2) is 46.9 Å². The molecule has 4 aromatic rings. The van der Waals surface area contributed by atoms with E-state index in [-0.39, 0.29) is 19.2 Å². The van der Waals surface area contributed by atoms with Crippen molar-refractivity contribution in [1.82, 2.24) is 19.6 Å². The van der Waals surface area contributed by atoms with Gasteiger partial charge in [0.15, 0.2) is 11.4 Å². The lowest BCUT2D eigenvalue weighted by atomic mass is 9.58. The predicted molar refractivity (Wildman–Crippen MR) is 111 cm³/mol. The first-order valence-corrected chi connectivity index (χ1v) is 9.70. The number of benzene rings is 1. The SMILES string of the molecule is CB(Cc1ccccc1)N1C(=O)Cc2c1nc(-c1ccc(C)o1)n1nc(C)nc21. The summed E-state index contributed by atoms with van der Waals surface area (Å²) in [7, 11) is 0. The Morgan fingerprint density at radius 1 is 1.10 bits per heavy atom. The molecular formula is C21H20BN5O2. The molecule has 7 nitrogen and oxygen atoms in total. The number of furan rings is 1. The van der Waals surface area contributed by atoms with Gasteiger partial charge in [0, 0.05) is 5.56 Å². The Morgan fingerprint density at radius 3 is 2.62 bits per heavy atom. The summed E-state index contributed by atoms with van der Waals surface area (Å²) >= 11 is 0. The van der Waals surface area contributed by atoms with E-state index in [1.165, 1.54) is 5.56 Å². The van der Waals surface area contributed by atoms with E-state index in [1.807, 2.05) is 44.2 Å². The molecule has 144 valence electrons. The van der Waals surface area contributed by atoms with Crippen molar-refractivity contribution in [2.45, 2.75) is 33.4 Å². The lowest BCUT2D eigenvalue weighted by molar-refractivity contribution is -0.116. The largest absolute Gasteiger partial charge is 0.458 e.